The number of nitrogens with two attached hydrogens (primary N) is 1. The highest BCUT2D eigenvalue weighted by molar-refractivity contribution is 5.87. The quantitative estimate of drug-likeness (QED) is 0.477. The lowest BCUT2D eigenvalue weighted by Crippen LogP contribution is -2.47. The van der Waals surface area contributed by atoms with Gasteiger partial charge in [-0.1, -0.05) is 38.1 Å². The minimum atomic E-state index is -0.610. The molecule has 1 heterocycles. The third-order valence-corrected chi connectivity index (χ3v) is 4.99. The van der Waals surface area contributed by atoms with Crippen LogP contribution >= 0.6 is 24.8 Å². The molecule has 0 unspecified atom stereocenters. The van der Waals surface area contributed by atoms with Crippen molar-refractivity contribution in [1.82, 2.24) is 15.5 Å². The van der Waals surface area contributed by atoms with E-state index in [1.807, 2.05) is 32.0 Å². The molecule has 0 saturated carbocycles. The number of benzene rings is 1. The van der Waals surface area contributed by atoms with Crippen molar-refractivity contribution in [3.8, 4) is 0 Å². The van der Waals surface area contributed by atoms with Crippen LogP contribution in [0.3, 0.4) is 0 Å². The van der Waals surface area contributed by atoms with Crippen LogP contribution in [0.4, 0.5) is 0 Å². The van der Waals surface area contributed by atoms with Crippen LogP contribution in [0.15, 0.2) is 24.3 Å². The molecular weight excluding hydrogens is 415 g/mol. The van der Waals surface area contributed by atoms with Crippen LogP contribution in [0.1, 0.15) is 37.8 Å². The Kier molecular flexibility index (Phi) is 13.1. The molecular formula is C20H34Cl2N4O3. The molecule has 1 aromatic rings. The van der Waals surface area contributed by atoms with Gasteiger partial charge in [-0.2, -0.15) is 0 Å². The molecule has 2 rings (SSSR count). The van der Waals surface area contributed by atoms with Gasteiger partial charge in [0.25, 0.3) is 0 Å². The van der Waals surface area contributed by atoms with Crippen LogP contribution in [0.2, 0.25) is 0 Å². The summed E-state index contributed by atoms with van der Waals surface area (Å²) in [4.78, 5) is 26.2. The maximum Gasteiger partial charge on any atom is 0.239 e. The molecule has 0 bridgehead atoms. The molecule has 1 aliphatic rings. The molecule has 1 aromatic carbocycles. The summed E-state index contributed by atoms with van der Waals surface area (Å²) in [5.74, 6) is -0.529. The van der Waals surface area contributed by atoms with E-state index in [1.54, 1.807) is 0 Å². The van der Waals surface area contributed by atoms with Gasteiger partial charge < -0.3 is 21.5 Å². The number of nitrogens with zero attached hydrogens (tertiary/aromatic N) is 1. The van der Waals surface area contributed by atoms with Crippen LogP contribution in [0, 0.1) is 5.92 Å². The Labute approximate surface area is 185 Å². The molecule has 9 heteroatoms. The summed E-state index contributed by atoms with van der Waals surface area (Å²) in [6, 6.07) is 7.40. The lowest BCUT2D eigenvalue weighted by atomic mass is 10.0. The number of piperidine rings is 1. The monoisotopic (exact) mass is 448 g/mol. The van der Waals surface area contributed by atoms with E-state index in [0.29, 0.717) is 6.54 Å². The Bertz CT molecular complexity index is 638. The first-order chi connectivity index (χ1) is 12.9. The lowest BCUT2D eigenvalue weighted by molar-refractivity contribution is -0.127. The first-order valence-corrected chi connectivity index (χ1v) is 9.64. The number of hydrogen-bond acceptors (Lipinski definition) is 5. The van der Waals surface area contributed by atoms with Gasteiger partial charge >= 0.3 is 0 Å². The Hall–Kier alpha value is -1.38. The predicted molar refractivity (Wildman–Crippen MR) is 119 cm³/mol. The van der Waals surface area contributed by atoms with Gasteiger partial charge in [-0.15, -0.1) is 24.8 Å². The molecule has 5 N–H and O–H groups in total. The van der Waals surface area contributed by atoms with Crippen molar-refractivity contribution in [1.29, 1.82) is 0 Å². The Morgan fingerprint density at radius 2 is 1.72 bits per heavy atom. The average Bonchev–Trinajstić information content (AvgIpc) is 2.66. The number of halogens is 2. The van der Waals surface area contributed by atoms with Crippen molar-refractivity contribution in [2.45, 2.75) is 51.9 Å². The maximum absolute atomic E-state index is 12.0. The number of rotatable bonds is 8. The molecule has 0 aromatic heterocycles. The van der Waals surface area contributed by atoms with Gasteiger partial charge in [0.2, 0.25) is 11.8 Å². The van der Waals surface area contributed by atoms with Crippen LogP contribution in [-0.4, -0.2) is 53.6 Å². The van der Waals surface area contributed by atoms with Gasteiger partial charge in [0.15, 0.2) is 0 Å². The summed E-state index contributed by atoms with van der Waals surface area (Å²) in [6.07, 6.45) is 1.42. The van der Waals surface area contributed by atoms with Gasteiger partial charge in [0, 0.05) is 26.2 Å². The molecule has 166 valence electrons. The Morgan fingerprint density at radius 1 is 1.14 bits per heavy atom. The molecule has 1 fully saturated rings. The zero-order valence-electron chi connectivity index (χ0n) is 17.1. The highest BCUT2D eigenvalue weighted by Gasteiger charge is 2.19. The summed E-state index contributed by atoms with van der Waals surface area (Å²) < 4.78 is 0. The Balaban J connectivity index is 0.00000392. The number of nitrogens with one attached hydrogen (secondary N) is 2. The minimum absolute atomic E-state index is 0. The topological polar surface area (TPSA) is 108 Å². The van der Waals surface area contributed by atoms with Crippen LogP contribution in [-0.2, 0) is 22.7 Å². The van der Waals surface area contributed by atoms with Crippen LogP contribution in [0.25, 0.3) is 0 Å². The molecule has 1 atom stereocenters. The van der Waals surface area contributed by atoms with E-state index >= 15 is 0 Å². The van der Waals surface area contributed by atoms with Gasteiger partial charge in [-0.3, -0.25) is 14.5 Å². The molecule has 29 heavy (non-hydrogen) atoms. The van der Waals surface area contributed by atoms with Crippen LogP contribution in [0.5, 0.6) is 0 Å². The Morgan fingerprint density at radius 3 is 2.31 bits per heavy atom. The summed E-state index contributed by atoms with van der Waals surface area (Å²) >= 11 is 0. The van der Waals surface area contributed by atoms with Gasteiger partial charge in [0.1, 0.15) is 0 Å². The van der Waals surface area contributed by atoms with Gasteiger partial charge in [-0.05, 0) is 29.9 Å². The third-order valence-electron chi connectivity index (χ3n) is 4.99. The number of likely N-dealkylation sites (tertiary alicyclic amines) is 1. The molecule has 0 aliphatic carbocycles. The second-order valence-electron chi connectivity index (χ2n) is 7.54. The first kappa shape index (κ1) is 27.6. The van der Waals surface area contributed by atoms with E-state index in [9.17, 15) is 14.7 Å². The molecule has 2 amide bonds. The van der Waals surface area contributed by atoms with Crippen molar-refractivity contribution >= 4 is 36.6 Å². The van der Waals surface area contributed by atoms with Gasteiger partial charge in [0.05, 0.1) is 18.7 Å². The fourth-order valence-corrected chi connectivity index (χ4v) is 3.05. The predicted octanol–water partition coefficient (Wildman–Crippen LogP) is 1.20. The van der Waals surface area contributed by atoms with E-state index in [1.165, 1.54) is 5.56 Å². The van der Waals surface area contributed by atoms with Gasteiger partial charge in [-0.25, -0.2) is 0 Å². The lowest BCUT2D eigenvalue weighted by Gasteiger charge is -2.30. The largest absolute Gasteiger partial charge is 0.393 e. The van der Waals surface area contributed by atoms with E-state index in [-0.39, 0.29) is 55.2 Å². The van der Waals surface area contributed by atoms with Crippen molar-refractivity contribution in [2.24, 2.45) is 11.7 Å². The van der Waals surface area contributed by atoms with E-state index in [2.05, 4.69) is 21.6 Å². The second-order valence-corrected chi connectivity index (χ2v) is 7.54. The normalized spacial score (nSPS) is 15.8. The van der Waals surface area contributed by atoms with Crippen molar-refractivity contribution in [3.05, 3.63) is 35.4 Å². The zero-order chi connectivity index (χ0) is 19.8. The van der Waals surface area contributed by atoms with Crippen molar-refractivity contribution in [2.75, 3.05) is 19.6 Å². The molecule has 1 aliphatic heterocycles. The smallest absolute Gasteiger partial charge is 0.239 e. The summed E-state index contributed by atoms with van der Waals surface area (Å²) in [5, 5.41) is 15.1. The fourth-order valence-electron chi connectivity index (χ4n) is 3.05. The first-order valence-electron chi connectivity index (χ1n) is 9.64. The molecule has 0 radical (unpaired) electrons. The SMILES string of the molecule is CC(C)[C@H](N)C(=O)NCC(=O)NCc1ccccc1CN1CCC(O)CC1.Cl.Cl. The van der Waals surface area contributed by atoms with Crippen molar-refractivity contribution in [3.63, 3.8) is 0 Å². The van der Waals surface area contributed by atoms with E-state index in [4.69, 9.17) is 5.73 Å². The van der Waals surface area contributed by atoms with E-state index < -0.39 is 6.04 Å². The molecule has 1 saturated heterocycles. The molecule has 7 nitrogen and oxygen atoms in total. The molecule has 0 spiro atoms. The maximum atomic E-state index is 12.0. The summed E-state index contributed by atoms with van der Waals surface area (Å²) in [7, 11) is 0. The number of hydrogen-bond donors (Lipinski definition) is 4. The fraction of sp³-hybridized carbons (Fsp3) is 0.600. The number of amides is 2. The van der Waals surface area contributed by atoms with Crippen molar-refractivity contribution < 1.29 is 14.7 Å². The second kappa shape index (κ2) is 13.8. The number of carbonyl (C=O) groups is 2. The minimum Gasteiger partial charge on any atom is -0.393 e. The standard InChI is InChI=1S/C20H32N4O3.2ClH/c1-14(2)19(21)20(27)23-12-18(26)22-11-15-5-3-4-6-16(15)13-24-9-7-17(25)8-10-24;;/h3-6,14,17,19,25H,7-13,21H2,1-2H3,(H,22,26)(H,23,27);2*1H/t19-;;/m0../s1. The highest BCUT2D eigenvalue weighted by atomic mass is 35.5. The zero-order valence-corrected chi connectivity index (χ0v) is 18.7. The number of aliphatic hydroxyl groups excluding tert-OH is 1. The average molecular weight is 449 g/mol. The number of carbonyl (C=O) groups excluding carboxylic acids is 2. The van der Waals surface area contributed by atoms with E-state index in [0.717, 1.165) is 38.0 Å². The summed E-state index contributed by atoms with van der Waals surface area (Å²) in [5.41, 5.74) is 7.99. The third kappa shape index (κ3) is 9.31. The van der Waals surface area contributed by atoms with Crippen LogP contribution < -0.4 is 16.4 Å². The summed E-state index contributed by atoms with van der Waals surface area (Å²) in [6.45, 7) is 6.63. The number of aliphatic hydroxyl groups is 1. The highest BCUT2D eigenvalue weighted by Crippen LogP contribution is 2.16.